The predicted octanol–water partition coefficient (Wildman–Crippen LogP) is 2.33. The number of H-pyrrole nitrogens is 2. The van der Waals surface area contributed by atoms with Crippen molar-refractivity contribution in [3.63, 3.8) is 0 Å². The number of hydrogen-bond acceptors (Lipinski definition) is 6. The fraction of sp³-hybridized carbons (Fsp3) is 0.500. The number of anilines is 1. The van der Waals surface area contributed by atoms with Crippen molar-refractivity contribution in [2.24, 2.45) is 5.92 Å². The maximum Gasteiger partial charge on any atom is 0.319 e. The molecule has 170 valence electrons. The van der Waals surface area contributed by atoms with Crippen LogP contribution in [0.3, 0.4) is 0 Å². The number of ether oxygens (including phenoxy) is 2. The number of fused-ring (bicyclic) bond motifs is 1. The summed E-state index contributed by atoms with van der Waals surface area (Å²) in [5.41, 5.74) is 4.29. The van der Waals surface area contributed by atoms with Gasteiger partial charge in [0.15, 0.2) is 5.82 Å². The average molecular weight is 440 g/mol. The van der Waals surface area contributed by atoms with Crippen LogP contribution in [0.1, 0.15) is 18.4 Å². The Hall–Kier alpha value is -2.95. The van der Waals surface area contributed by atoms with Crippen LogP contribution in [0, 0.1) is 5.92 Å². The zero-order valence-corrected chi connectivity index (χ0v) is 18.0. The van der Waals surface area contributed by atoms with E-state index in [9.17, 15) is 4.79 Å². The van der Waals surface area contributed by atoms with Crippen molar-refractivity contribution in [3.05, 3.63) is 30.0 Å². The average Bonchev–Trinajstić information content (AvgIpc) is 3.45. The first-order valence-corrected chi connectivity index (χ1v) is 11.2. The normalized spacial score (nSPS) is 18.1. The van der Waals surface area contributed by atoms with E-state index < -0.39 is 0 Å². The molecule has 4 heterocycles. The number of nitrogens with zero attached hydrogens (tertiary/aromatic N) is 3. The standard InChI is InChI=1S/C22H29N7O3/c30-22(23-12-15-3-7-31-8-4-15)27-19-13-24-28-20(19)21-25-17-2-1-16(11-18(17)26-21)14-29-5-9-32-10-6-29/h1-2,11,13,15H,3-10,12,14H2,(H,24,28)(H,25,26)(H2,23,27,30). The van der Waals surface area contributed by atoms with Crippen LogP contribution in [0.4, 0.5) is 10.5 Å². The number of nitrogens with one attached hydrogen (secondary N) is 4. The lowest BCUT2D eigenvalue weighted by Crippen LogP contribution is -2.35. The van der Waals surface area contributed by atoms with E-state index in [-0.39, 0.29) is 6.03 Å². The molecule has 0 spiro atoms. The molecule has 5 rings (SSSR count). The van der Waals surface area contributed by atoms with Gasteiger partial charge in [-0.3, -0.25) is 10.00 Å². The van der Waals surface area contributed by atoms with Gasteiger partial charge in [0.05, 0.1) is 36.1 Å². The number of morpholine rings is 1. The largest absolute Gasteiger partial charge is 0.381 e. The lowest BCUT2D eigenvalue weighted by molar-refractivity contribution is 0.0342. The number of carbonyl (C=O) groups is 1. The molecule has 2 aliphatic heterocycles. The van der Waals surface area contributed by atoms with Crippen molar-refractivity contribution in [1.29, 1.82) is 0 Å². The summed E-state index contributed by atoms with van der Waals surface area (Å²) in [6.07, 6.45) is 3.55. The molecular weight excluding hydrogens is 410 g/mol. The lowest BCUT2D eigenvalue weighted by Gasteiger charge is -2.26. The minimum absolute atomic E-state index is 0.247. The molecule has 32 heavy (non-hydrogen) atoms. The molecule has 0 aliphatic carbocycles. The Bertz CT molecular complexity index is 1050. The van der Waals surface area contributed by atoms with Gasteiger partial charge in [0, 0.05) is 39.4 Å². The van der Waals surface area contributed by atoms with E-state index in [1.807, 2.05) is 6.07 Å². The minimum Gasteiger partial charge on any atom is -0.381 e. The number of carbonyl (C=O) groups excluding carboxylic acids is 1. The molecule has 0 saturated carbocycles. The molecule has 1 aromatic carbocycles. The van der Waals surface area contributed by atoms with E-state index in [0.717, 1.165) is 69.9 Å². The van der Waals surface area contributed by atoms with Gasteiger partial charge < -0.3 is 25.1 Å². The number of aromatic amines is 2. The van der Waals surface area contributed by atoms with Crippen LogP contribution < -0.4 is 10.6 Å². The number of urea groups is 1. The minimum atomic E-state index is -0.247. The molecule has 2 aromatic heterocycles. The van der Waals surface area contributed by atoms with Gasteiger partial charge in [-0.25, -0.2) is 9.78 Å². The summed E-state index contributed by atoms with van der Waals surface area (Å²) in [5.74, 6) is 1.10. The van der Waals surface area contributed by atoms with E-state index in [0.29, 0.717) is 29.7 Å². The van der Waals surface area contributed by atoms with Gasteiger partial charge in [0.2, 0.25) is 0 Å². The van der Waals surface area contributed by atoms with Crippen molar-refractivity contribution in [2.75, 3.05) is 51.4 Å². The molecule has 10 heteroatoms. The number of rotatable bonds is 6. The summed E-state index contributed by atoms with van der Waals surface area (Å²) in [6, 6.07) is 6.02. The number of imidazole rings is 1. The summed E-state index contributed by atoms with van der Waals surface area (Å²) in [6.45, 7) is 6.53. The number of benzene rings is 1. The molecule has 10 nitrogen and oxygen atoms in total. The highest BCUT2D eigenvalue weighted by Crippen LogP contribution is 2.26. The molecule has 3 aromatic rings. The van der Waals surface area contributed by atoms with E-state index in [1.54, 1.807) is 6.20 Å². The summed E-state index contributed by atoms with van der Waals surface area (Å²) >= 11 is 0. The van der Waals surface area contributed by atoms with Crippen LogP contribution >= 0.6 is 0 Å². The summed E-state index contributed by atoms with van der Waals surface area (Å²) in [5, 5.41) is 12.9. The van der Waals surface area contributed by atoms with Gasteiger partial charge in [-0.2, -0.15) is 5.10 Å². The molecule has 0 bridgehead atoms. The summed E-state index contributed by atoms with van der Waals surface area (Å²) in [4.78, 5) is 22.8. The zero-order valence-electron chi connectivity index (χ0n) is 18.0. The first kappa shape index (κ1) is 20.9. The summed E-state index contributed by atoms with van der Waals surface area (Å²) in [7, 11) is 0. The molecule has 2 amide bonds. The molecule has 0 atom stereocenters. The Kier molecular flexibility index (Phi) is 6.33. The van der Waals surface area contributed by atoms with Crippen LogP contribution in [0.2, 0.25) is 0 Å². The summed E-state index contributed by atoms with van der Waals surface area (Å²) < 4.78 is 10.8. The SMILES string of the molecule is O=C(NCC1CCOCC1)Nc1cn[nH]c1-c1nc2ccc(CN3CCOCC3)cc2[nH]1. The van der Waals surface area contributed by atoms with Gasteiger partial charge in [0.25, 0.3) is 0 Å². The Balaban J connectivity index is 1.25. The molecule has 0 unspecified atom stereocenters. The maximum absolute atomic E-state index is 12.4. The van der Waals surface area contributed by atoms with Crippen molar-refractivity contribution >= 4 is 22.8 Å². The van der Waals surface area contributed by atoms with Crippen molar-refractivity contribution < 1.29 is 14.3 Å². The van der Waals surface area contributed by atoms with Crippen molar-refractivity contribution in [3.8, 4) is 11.5 Å². The molecule has 2 aliphatic rings. The van der Waals surface area contributed by atoms with Gasteiger partial charge in [-0.1, -0.05) is 6.07 Å². The molecule has 2 fully saturated rings. The zero-order chi connectivity index (χ0) is 21.8. The number of amides is 2. The van der Waals surface area contributed by atoms with Crippen LogP contribution in [-0.2, 0) is 16.0 Å². The lowest BCUT2D eigenvalue weighted by atomic mass is 10.0. The van der Waals surface area contributed by atoms with E-state index in [2.05, 4.69) is 47.8 Å². The Morgan fingerprint density at radius 1 is 1.16 bits per heavy atom. The van der Waals surface area contributed by atoms with E-state index in [4.69, 9.17) is 9.47 Å². The van der Waals surface area contributed by atoms with Gasteiger partial charge >= 0.3 is 6.03 Å². The highest BCUT2D eigenvalue weighted by Gasteiger charge is 2.18. The highest BCUT2D eigenvalue weighted by atomic mass is 16.5. The Labute approximate surface area is 186 Å². The van der Waals surface area contributed by atoms with Crippen LogP contribution in [-0.4, -0.2) is 77.2 Å². The van der Waals surface area contributed by atoms with Crippen molar-refractivity contribution in [1.82, 2.24) is 30.4 Å². The second-order valence-corrected chi connectivity index (χ2v) is 8.37. The van der Waals surface area contributed by atoms with Crippen LogP contribution in [0.5, 0.6) is 0 Å². The molecular formula is C22H29N7O3. The first-order chi connectivity index (χ1) is 15.7. The molecule has 2 saturated heterocycles. The third-order valence-electron chi connectivity index (χ3n) is 6.07. The molecule has 0 radical (unpaired) electrons. The quantitative estimate of drug-likeness (QED) is 0.468. The number of aromatic nitrogens is 4. The van der Waals surface area contributed by atoms with E-state index in [1.165, 1.54) is 5.56 Å². The number of hydrogen-bond donors (Lipinski definition) is 4. The second-order valence-electron chi connectivity index (χ2n) is 8.37. The predicted molar refractivity (Wildman–Crippen MR) is 120 cm³/mol. The van der Waals surface area contributed by atoms with Gasteiger partial charge in [-0.15, -0.1) is 0 Å². The van der Waals surface area contributed by atoms with Crippen LogP contribution in [0.25, 0.3) is 22.6 Å². The fourth-order valence-electron chi connectivity index (χ4n) is 4.21. The maximum atomic E-state index is 12.4. The smallest absolute Gasteiger partial charge is 0.319 e. The van der Waals surface area contributed by atoms with Gasteiger partial charge in [-0.05, 0) is 36.5 Å². The van der Waals surface area contributed by atoms with Crippen LogP contribution in [0.15, 0.2) is 24.4 Å². The highest BCUT2D eigenvalue weighted by molar-refractivity contribution is 5.93. The Morgan fingerprint density at radius 3 is 2.81 bits per heavy atom. The second kappa shape index (κ2) is 9.68. The Morgan fingerprint density at radius 2 is 1.97 bits per heavy atom. The molecule has 4 N–H and O–H groups in total. The third-order valence-corrected chi connectivity index (χ3v) is 6.07. The third kappa shape index (κ3) is 4.93. The van der Waals surface area contributed by atoms with Crippen molar-refractivity contribution in [2.45, 2.75) is 19.4 Å². The fourth-order valence-corrected chi connectivity index (χ4v) is 4.21. The monoisotopic (exact) mass is 439 g/mol. The first-order valence-electron chi connectivity index (χ1n) is 11.2. The topological polar surface area (TPSA) is 120 Å². The van der Waals surface area contributed by atoms with E-state index >= 15 is 0 Å². The van der Waals surface area contributed by atoms with Gasteiger partial charge in [0.1, 0.15) is 5.69 Å².